The fourth-order valence-electron chi connectivity index (χ4n) is 9.86. The number of fused-ring (bicyclic) bond motifs is 7. The zero-order chi connectivity index (χ0) is 38.8. The maximum absolute atomic E-state index is 7.04. The van der Waals surface area contributed by atoms with Gasteiger partial charge in [-0.3, -0.25) is 0 Å². The van der Waals surface area contributed by atoms with Crippen LogP contribution in [0.2, 0.25) is 0 Å². The number of hydrogen-bond donors (Lipinski definition) is 0. The van der Waals surface area contributed by atoms with Crippen molar-refractivity contribution in [3.63, 3.8) is 0 Å². The highest BCUT2D eigenvalue weighted by atomic mass is 16.3. The second-order valence-corrected chi connectivity index (χ2v) is 16.3. The Labute approximate surface area is 340 Å². The summed E-state index contributed by atoms with van der Waals surface area (Å²) in [6, 6.07) is 66.2. The van der Waals surface area contributed by atoms with E-state index >= 15 is 0 Å². The largest absolute Gasteiger partial charge is 0.454 e. The van der Waals surface area contributed by atoms with E-state index in [9.17, 15) is 0 Å². The van der Waals surface area contributed by atoms with E-state index in [1.165, 1.54) is 63.8 Å². The zero-order valence-corrected chi connectivity index (χ0v) is 33.0. The maximum Gasteiger partial charge on any atom is 0.159 e. The number of para-hydroxylation sites is 3. The Bertz CT molecular complexity index is 2940. The van der Waals surface area contributed by atoms with Crippen LogP contribution in [0.3, 0.4) is 0 Å². The van der Waals surface area contributed by atoms with Gasteiger partial charge in [-0.05, 0) is 137 Å². The minimum absolute atomic E-state index is 0.136. The van der Waals surface area contributed by atoms with Crippen LogP contribution < -0.4 is 9.80 Å². The van der Waals surface area contributed by atoms with Gasteiger partial charge in [-0.1, -0.05) is 129 Å². The van der Waals surface area contributed by atoms with Crippen molar-refractivity contribution in [2.45, 2.75) is 44.9 Å². The maximum atomic E-state index is 7.04. The minimum atomic E-state index is -0.136. The molecule has 8 aromatic carbocycles. The predicted octanol–water partition coefficient (Wildman–Crippen LogP) is 15.4. The smallest absolute Gasteiger partial charge is 0.159 e. The molecule has 3 heteroatoms. The van der Waals surface area contributed by atoms with Gasteiger partial charge in [0.15, 0.2) is 5.58 Å². The van der Waals surface area contributed by atoms with Crippen LogP contribution in [0.25, 0.3) is 44.2 Å². The van der Waals surface area contributed by atoms with Crippen molar-refractivity contribution in [1.82, 2.24) is 0 Å². The van der Waals surface area contributed by atoms with Gasteiger partial charge in [-0.25, -0.2) is 0 Å². The molecule has 11 rings (SSSR count). The first-order valence-corrected chi connectivity index (χ1v) is 20.6. The van der Waals surface area contributed by atoms with Crippen molar-refractivity contribution >= 4 is 56.1 Å². The Morgan fingerprint density at radius 1 is 0.466 bits per heavy atom. The van der Waals surface area contributed by atoms with E-state index < -0.39 is 0 Å². The first-order chi connectivity index (χ1) is 28.5. The lowest BCUT2D eigenvalue weighted by atomic mass is 9.82. The minimum Gasteiger partial charge on any atom is -0.454 e. The number of furan rings is 1. The summed E-state index contributed by atoms with van der Waals surface area (Å²) in [5.74, 6) is 0. The topological polar surface area (TPSA) is 19.6 Å². The van der Waals surface area contributed by atoms with Crippen molar-refractivity contribution in [2.75, 3.05) is 9.80 Å². The van der Waals surface area contributed by atoms with Crippen LogP contribution in [0.4, 0.5) is 34.1 Å². The molecule has 2 aliphatic carbocycles. The van der Waals surface area contributed by atoms with E-state index in [1.54, 1.807) is 0 Å². The summed E-state index contributed by atoms with van der Waals surface area (Å²) in [6.45, 7) is 4.71. The van der Waals surface area contributed by atoms with E-state index in [1.807, 2.05) is 0 Å². The number of anilines is 6. The van der Waals surface area contributed by atoms with Crippen LogP contribution in [0.5, 0.6) is 0 Å². The lowest BCUT2D eigenvalue weighted by Gasteiger charge is -2.28. The first kappa shape index (κ1) is 34.4. The first-order valence-electron chi connectivity index (χ1n) is 20.6. The Hall–Kier alpha value is -6.84. The molecule has 0 amide bonds. The summed E-state index contributed by atoms with van der Waals surface area (Å²) in [5.41, 5.74) is 19.0. The Balaban J connectivity index is 1.11. The molecule has 0 spiro atoms. The van der Waals surface area contributed by atoms with Gasteiger partial charge in [0.2, 0.25) is 0 Å². The number of nitrogens with zero attached hydrogens (tertiary/aromatic N) is 2. The molecular weight excluding hydrogens is 705 g/mol. The van der Waals surface area contributed by atoms with Gasteiger partial charge in [0.05, 0.1) is 16.8 Å². The van der Waals surface area contributed by atoms with Crippen LogP contribution in [-0.4, -0.2) is 0 Å². The normalized spacial score (nSPS) is 13.9. The molecule has 0 atom stereocenters. The molecule has 0 fully saturated rings. The van der Waals surface area contributed by atoms with Crippen molar-refractivity contribution in [2.24, 2.45) is 0 Å². The summed E-state index contributed by atoms with van der Waals surface area (Å²) in [5, 5.41) is 2.16. The Kier molecular flexibility index (Phi) is 8.11. The second kappa shape index (κ2) is 13.7. The molecule has 0 radical (unpaired) electrons. The molecule has 280 valence electrons. The van der Waals surface area contributed by atoms with Crippen molar-refractivity contribution in [3.05, 3.63) is 204 Å². The highest BCUT2D eigenvalue weighted by molar-refractivity contribution is 6.16. The standard InChI is InChI=1S/C55H44N2O/c1-55(2)48-26-12-11-23-45(48)46-35-34-42(36-49(46)55)57(41-32-30-38(31-33-41)44-24-13-17-37-16-9-10-22-43(37)44)51-28-14-25-47-53-50(27-15-29-52(53)58-54(47)51)56(39-18-5-3-6-19-39)40-20-7-4-8-21-40/h3-8,11-15,17-21,23-36H,9-10,16,22H2,1-2H3. The summed E-state index contributed by atoms with van der Waals surface area (Å²) >= 11 is 0. The summed E-state index contributed by atoms with van der Waals surface area (Å²) in [7, 11) is 0. The average Bonchev–Trinajstić information content (AvgIpc) is 3.78. The molecule has 2 aliphatic rings. The van der Waals surface area contributed by atoms with Crippen LogP contribution in [0.15, 0.2) is 186 Å². The molecule has 0 bridgehead atoms. The molecule has 0 aliphatic heterocycles. The molecular formula is C55H44N2O. The van der Waals surface area contributed by atoms with E-state index in [0.717, 1.165) is 62.5 Å². The SMILES string of the molecule is CC1(C)c2ccccc2-c2ccc(N(c3ccc(-c4cccc5c4CCCC5)cc3)c3cccc4c3oc3cccc(N(c5ccccc5)c5ccccc5)c34)cc21. The monoisotopic (exact) mass is 748 g/mol. The number of hydrogen-bond acceptors (Lipinski definition) is 3. The number of rotatable bonds is 7. The van der Waals surface area contributed by atoms with Gasteiger partial charge in [0, 0.05) is 33.6 Å². The number of benzene rings is 8. The van der Waals surface area contributed by atoms with Crippen molar-refractivity contribution < 1.29 is 4.42 Å². The Morgan fingerprint density at radius 2 is 1.07 bits per heavy atom. The number of aryl methyl sites for hydroxylation is 1. The lowest BCUT2D eigenvalue weighted by Crippen LogP contribution is -2.16. The summed E-state index contributed by atoms with van der Waals surface area (Å²) < 4.78 is 7.04. The molecule has 1 aromatic heterocycles. The van der Waals surface area contributed by atoms with Crippen LogP contribution in [0, 0.1) is 0 Å². The predicted molar refractivity (Wildman–Crippen MR) is 243 cm³/mol. The van der Waals surface area contributed by atoms with Crippen molar-refractivity contribution in [3.8, 4) is 22.3 Å². The lowest BCUT2D eigenvalue weighted by molar-refractivity contribution is 0.660. The third-order valence-electron chi connectivity index (χ3n) is 12.6. The Morgan fingerprint density at radius 3 is 1.86 bits per heavy atom. The van der Waals surface area contributed by atoms with Gasteiger partial charge >= 0.3 is 0 Å². The third kappa shape index (κ3) is 5.49. The highest BCUT2D eigenvalue weighted by Crippen LogP contribution is 2.52. The molecule has 3 nitrogen and oxygen atoms in total. The molecule has 0 N–H and O–H groups in total. The average molecular weight is 749 g/mol. The summed E-state index contributed by atoms with van der Waals surface area (Å²) in [4.78, 5) is 4.74. The molecule has 0 saturated carbocycles. The van der Waals surface area contributed by atoms with Gasteiger partial charge < -0.3 is 14.2 Å². The van der Waals surface area contributed by atoms with E-state index in [0.29, 0.717) is 0 Å². The molecule has 0 saturated heterocycles. The molecule has 0 unspecified atom stereocenters. The second-order valence-electron chi connectivity index (χ2n) is 16.3. The zero-order valence-electron chi connectivity index (χ0n) is 33.0. The highest BCUT2D eigenvalue weighted by Gasteiger charge is 2.36. The quantitative estimate of drug-likeness (QED) is 0.162. The van der Waals surface area contributed by atoms with E-state index in [4.69, 9.17) is 4.42 Å². The van der Waals surface area contributed by atoms with Gasteiger partial charge in [-0.15, -0.1) is 0 Å². The van der Waals surface area contributed by atoms with Crippen LogP contribution in [0.1, 0.15) is 48.9 Å². The van der Waals surface area contributed by atoms with E-state index in [-0.39, 0.29) is 5.41 Å². The van der Waals surface area contributed by atoms with E-state index in [2.05, 4.69) is 206 Å². The molecule has 1 heterocycles. The molecule has 9 aromatic rings. The van der Waals surface area contributed by atoms with Crippen LogP contribution in [-0.2, 0) is 18.3 Å². The van der Waals surface area contributed by atoms with Gasteiger partial charge in [0.1, 0.15) is 5.58 Å². The van der Waals surface area contributed by atoms with Gasteiger partial charge in [0.25, 0.3) is 0 Å². The summed E-state index contributed by atoms with van der Waals surface area (Å²) in [6.07, 6.45) is 4.85. The fourth-order valence-corrected chi connectivity index (χ4v) is 9.86. The van der Waals surface area contributed by atoms with Crippen LogP contribution >= 0.6 is 0 Å². The third-order valence-corrected chi connectivity index (χ3v) is 12.6. The van der Waals surface area contributed by atoms with Crippen molar-refractivity contribution in [1.29, 1.82) is 0 Å². The molecule has 58 heavy (non-hydrogen) atoms. The fraction of sp³-hybridized carbons (Fsp3) is 0.127. The van der Waals surface area contributed by atoms with Gasteiger partial charge in [-0.2, -0.15) is 0 Å².